The summed E-state index contributed by atoms with van der Waals surface area (Å²) in [5.41, 5.74) is 1.72. The third kappa shape index (κ3) is 1.59. The Morgan fingerprint density at radius 2 is 1.80 bits per heavy atom. The first-order valence-electron chi connectivity index (χ1n) is 4.80. The number of benzene rings is 2. The molecule has 0 saturated carbocycles. The van der Waals surface area contributed by atoms with Crippen molar-refractivity contribution in [2.75, 3.05) is 7.11 Å². The Labute approximate surface area is 88.5 Å². The second-order valence-electron chi connectivity index (χ2n) is 3.47. The fourth-order valence-corrected chi connectivity index (χ4v) is 1.81. The molecule has 2 aromatic carbocycles. The van der Waals surface area contributed by atoms with Crippen molar-refractivity contribution in [3.8, 4) is 0 Å². The predicted octanol–water partition coefficient (Wildman–Crippen LogP) is 2.93. The van der Waals surface area contributed by atoms with Gasteiger partial charge in [-0.15, -0.1) is 0 Å². The Hall–Kier alpha value is -1.83. The number of fused-ring (bicyclic) bond motifs is 1. The molecule has 0 fully saturated rings. The van der Waals surface area contributed by atoms with Crippen molar-refractivity contribution < 1.29 is 9.53 Å². The van der Waals surface area contributed by atoms with Crippen molar-refractivity contribution in [3.63, 3.8) is 0 Å². The van der Waals surface area contributed by atoms with Gasteiger partial charge in [-0.25, -0.2) is 4.79 Å². The maximum absolute atomic E-state index is 11.6. The first-order chi connectivity index (χ1) is 7.24. The van der Waals surface area contributed by atoms with Gasteiger partial charge in [-0.3, -0.25) is 0 Å². The zero-order valence-corrected chi connectivity index (χ0v) is 8.78. The van der Waals surface area contributed by atoms with Gasteiger partial charge >= 0.3 is 5.97 Å². The fraction of sp³-hybridized carbons (Fsp3) is 0.154. The van der Waals surface area contributed by atoms with Crippen LogP contribution in [0.15, 0.2) is 36.4 Å². The Kier molecular flexibility index (Phi) is 2.42. The number of aryl methyl sites for hydroxylation is 1. The summed E-state index contributed by atoms with van der Waals surface area (Å²) in [5.74, 6) is -0.283. The van der Waals surface area contributed by atoms with Gasteiger partial charge in [-0.1, -0.05) is 30.3 Å². The van der Waals surface area contributed by atoms with Crippen LogP contribution < -0.4 is 0 Å². The van der Waals surface area contributed by atoms with Gasteiger partial charge in [0, 0.05) is 0 Å². The number of carbonyl (C=O) groups excluding carboxylic acids is 1. The minimum absolute atomic E-state index is 0.283. The number of hydrogen-bond donors (Lipinski definition) is 0. The summed E-state index contributed by atoms with van der Waals surface area (Å²) in [5, 5.41) is 2.05. The van der Waals surface area contributed by atoms with Crippen molar-refractivity contribution in [1.29, 1.82) is 0 Å². The molecule has 0 amide bonds. The van der Waals surface area contributed by atoms with E-state index in [1.54, 1.807) is 6.07 Å². The van der Waals surface area contributed by atoms with Crippen LogP contribution in [-0.4, -0.2) is 13.1 Å². The van der Waals surface area contributed by atoms with E-state index in [0.29, 0.717) is 5.56 Å². The number of carbonyl (C=O) groups is 1. The number of rotatable bonds is 1. The fourth-order valence-electron chi connectivity index (χ4n) is 1.81. The molecule has 0 unspecified atom stereocenters. The molecule has 0 aliphatic heterocycles. The average molecular weight is 200 g/mol. The highest BCUT2D eigenvalue weighted by molar-refractivity contribution is 6.05. The van der Waals surface area contributed by atoms with Gasteiger partial charge in [0.1, 0.15) is 0 Å². The first-order valence-corrected chi connectivity index (χ1v) is 4.80. The van der Waals surface area contributed by atoms with Gasteiger partial charge in [0.25, 0.3) is 0 Å². The third-order valence-corrected chi connectivity index (χ3v) is 2.52. The van der Waals surface area contributed by atoms with E-state index in [1.165, 1.54) is 7.11 Å². The summed E-state index contributed by atoms with van der Waals surface area (Å²) in [6, 6.07) is 11.6. The van der Waals surface area contributed by atoms with E-state index in [1.807, 2.05) is 37.3 Å². The average Bonchev–Trinajstić information content (AvgIpc) is 2.28. The van der Waals surface area contributed by atoms with Gasteiger partial charge in [-0.05, 0) is 29.3 Å². The zero-order chi connectivity index (χ0) is 10.8. The van der Waals surface area contributed by atoms with Gasteiger partial charge < -0.3 is 4.74 Å². The minimum Gasteiger partial charge on any atom is -0.465 e. The highest BCUT2D eigenvalue weighted by atomic mass is 16.5. The van der Waals surface area contributed by atoms with Crippen molar-refractivity contribution in [2.24, 2.45) is 0 Å². The standard InChI is InChI=1S/C13H12O2/c1-9-5-3-6-10-7-4-8-11(12(9)10)13(14)15-2/h3-8H,1-2H3. The van der Waals surface area contributed by atoms with Crippen LogP contribution in [0.2, 0.25) is 0 Å². The minimum atomic E-state index is -0.283. The van der Waals surface area contributed by atoms with Crippen molar-refractivity contribution in [2.45, 2.75) is 6.92 Å². The summed E-state index contributed by atoms with van der Waals surface area (Å²) in [7, 11) is 1.40. The van der Waals surface area contributed by atoms with Crippen LogP contribution in [0.5, 0.6) is 0 Å². The molecule has 2 rings (SSSR count). The topological polar surface area (TPSA) is 26.3 Å². The summed E-state index contributed by atoms with van der Waals surface area (Å²) in [6.07, 6.45) is 0. The molecule has 0 aliphatic carbocycles. The van der Waals surface area contributed by atoms with E-state index in [2.05, 4.69) is 0 Å². The molecule has 0 saturated heterocycles. The highest BCUT2D eigenvalue weighted by Gasteiger charge is 2.10. The number of methoxy groups -OCH3 is 1. The zero-order valence-electron chi connectivity index (χ0n) is 8.78. The predicted molar refractivity (Wildman–Crippen MR) is 60.0 cm³/mol. The molecule has 0 aromatic heterocycles. The Morgan fingerprint density at radius 3 is 2.47 bits per heavy atom. The maximum atomic E-state index is 11.6. The molecule has 15 heavy (non-hydrogen) atoms. The van der Waals surface area contributed by atoms with Crippen LogP contribution in [-0.2, 0) is 4.74 Å². The van der Waals surface area contributed by atoms with Crippen molar-refractivity contribution in [3.05, 3.63) is 47.5 Å². The summed E-state index contributed by atoms with van der Waals surface area (Å²) >= 11 is 0. The molecule has 2 aromatic rings. The molecule has 0 spiro atoms. The molecule has 0 atom stereocenters. The van der Waals surface area contributed by atoms with Crippen LogP contribution in [0.25, 0.3) is 10.8 Å². The summed E-state index contributed by atoms with van der Waals surface area (Å²) < 4.78 is 4.76. The second kappa shape index (κ2) is 3.73. The van der Waals surface area contributed by atoms with Gasteiger partial charge in [0.15, 0.2) is 0 Å². The smallest absolute Gasteiger partial charge is 0.338 e. The first kappa shape index (κ1) is 9.71. The van der Waals surface area contributed by atoms with Gasteiger partial charge in [0.2, 0.25) is 0 Å². The van der Waals surface area contributed by atoms with Gasteiger partial charge in [-0.2, -0.15) is 0 Å². The number of esters is 1. The van der Waals surface area contributed by atoms with Crippen LogP contribution in [0.1, 0.15) is 15.9 Å². The Morgan fingerprint density at radius 1 is 1.13 bits per heavy atom. The van der Waals surface area contributed by atoms with Crippen LogP contribution in [0.3, 0.4) is 0 Å². The summed E-state index contributed by atoms with van der Waals surface area (Å²) in [6.45, 7) is 1.99. The van der Waals surface area contributed by atoms with Crippen LogP contribution in [0.4, 0.5) is 0 Å². The van der Waals surface area contributed by atoms with E-state index in [9.17, 15) is 4.79 Å². The molecule has 2 heteroatoms. The molecular formula is C13H12O2. The molecule has 0 N–H and O–H groups in total. The Bertz CT molecular complexity index is 510. The molecule has 0 aliphatic rings. The van der Waals surface area contributed by atoms with Crippen molar-refractivity contribution in [1.82, 2.24) is 0 Å². The molecular weight excluding hydrogens is 188 g/mol. The lowest BCUT2D eigenvalue weighted by atomic mass is 10.0. The number of ether oxygens (including phenoxy) is 1. The maximum Gasteiger partial charge on any atom is 0.338 e. The van der Waals surface area contributed by atoms with Gasteiger partial charge in [0.05, 0.1) is 12.7 Å². The molecule has 76 valence electrons. The molecule has 2 nitrogen and oxygen atoms in total. The largest absolute Gasteiger partial charge is 0.465 e. The lowest BCUT2D eigenvalue weighted by Gasteiger charge is -2.06. The highest BCUT2D eigenvalue weighted by Crippen LogP contribution is 2.22. The third-order valence-electron chi connectivity index (χ3n) is 2.52. The normalized spacial score (nSPS) is 10.3. The number of hydrogen-bond acceptors (Lipinski definition) is 2. The quantitative estimate of drug-likeness (QED) is 0.661. The summed E-state index contributed by atoms with van der Waals surface area (Å²) in [4.78, 5) is 11.6. The lowest BCUT2D eigenvalue weighted by molar-refractivity contribution is 0.0603. The molecule has 0 heterocycles. The Balaban J connectivity index is 2.80. The van der Waals surface area contributed by atoms with E-state index < -0.39 is 0 Å². The van der Waals surface area contributed by atoms with Crippen LogP contribution >= 0.6 is 0 Å². The van der Waals surface area contributed by atoms with E-state index in [0.717, 1.165) is 16.3 Å². The van der Waals surface area contributed by atoms with E-state index in [4.69, 9.17) is 4.74 Å². The SMILES string of the molecule is COC(=O)c1cccc2cccc(C)c12. The van der Waals surface area contributed by atoms with E-state index >= 15 is 0 Å². The van der Waals surface area contributed by atoms with Crippen molar-refractivity contribution >= 4 is 16.7 Å². The van der Waals surface area contributed by atoms with Crippen LogP contribution in [0, 0.1) is 6.92 Å². The monoisotopic (exact) mass is 200 g/mol. The lowest BCUT2D eigenvalue weighted by Crippen LogP contribution is -2.02. The van der Waals surface area contributed by atoms with E-state index in [-0.39, 0.29) is 5.97 Å². The second-order valence-corrected chi connectivity index (χ2v) is 3.47. The molecule has 0 radical (unpaired) electrons. The molecule has 0 bridgehead atoms.